The van der Waals surface area contributed by atoms with Crippen LogP contribution in [0.4, 0.5) is 11.8 Å². The summed E-state index contributed by atoms with van der Waals surface area (Å²) in [5.74, 6) is 0.643. The van der Waals surface area contributed by atoms with E-state index in [0.29, 0.717) is 41.5 Å². The lowest BCUT2D eigenvalue weighted by atomic mass is 10.1. The average Bonchev–Trinajstić information content (AvgIpc) is 2.93. The number of nitrogen functional groups attached to an aromatic ring is 1. The van der Waals surface area contributed by atoms with Gasteiger partial charge in [0.2, 0.25) is 5.95 Å². The van der Waals surface area contributed by atoms with Crippen LogP contribution < -0.4 is 15.4 Å². The molecule has 0 fully saturated rings. The van der Waals surface area contributed by atoms with Gasteiger partial charge in [-0.2, -0.15) is 4.98 Å². The molecule has 0 amide bonds. The third-order valence-corrected chi connectivity index (χ3v) is 4.47. The summed E-state index contributed by atoms with van der Waals surface area (Å²) in [6.07, 6.45) is 1.32. The van der Waals surface area contributed by atoms with E-state index in [1.807, 2.05) is 4.90 Å². The second-order valence-electron chi connectivity index (χ2n) is 5.65. The molecule has 8 heteroatoms. The predicted molar refractivity (Wildman–Crippen MR) is 92.6 cm³/mol. The molecule has 1 aliphatic heterocycles. The number of aryl methyl sites for hydroxylation is 1. The van der Waals surface area contributed by atoms with Gasteiger partial charge in [-0.3, -0.25) is 4.98 Å². The first-order valence-corrected chi connectivity index (χ1v) is 7.76. The Hall–Kier alpha value is -2.12. The number of aromatic nitrogens is 3. The van der Waals surface area contributed by atoms with E-state index in [4.69, 9.17) is 26.2 Å². The first-order valence-electron chi connectivity index (χ1n) is 8.89. The summed E-state index contributed by atoms with van der Waals surface area (Å²) in [5, 5.41) is 9.90. The largest absolute Gasteiger partial charge is 0.496 e. The number of anilines is 2. The number of pyridine rings is 1. The van der Waals surface area contributed by atoms with E-state index in [2.05, 4.69) is 15.0 Å². The van der Waals surface area contributed by atoms with Gasteiger partial charge in [0.25, 0.3) is 0 Å². The normalized spacial score (nSPS) is 18.8. The molecule has 0 aliphatic carbocycles. The van der Waals surface area contributed by atoms with Gasteiger partial charge in [0.1, 0.15) is 16.7 Å². The number of ether oxygens (including phenoxy) is 1. The molecule has 2 aromatic heterocycles. The summed E-state index contributed by atoms with van der Waals surface area (Å²) in [5.41, 5.74) is 7.71. The third-order valence-electron chi connectivity index (χ3n) is 4.18. The van der Waals surface area contributed by atoms with Crippen LogP contribution in [0.3, 0.4) is 0 Å². The number of hydrogen-bond donors (Lipinski definition) is 2. The predicted octanol–water partition coefficient (Wildman–Crippen LogP) is 1.83. The van der Waals surface area contributed by atoms with Crippen molar-refractivity contribution in [2.45, 2.75) is 26.2 Å². The molecule has 0 saturated carbocycles. The zero-order valence-electron chi connectivity index (χ0n) is 16.4. The van der Waals surface area contributed by atoms with Gasteiger partial charge in [-0.05, 0) is 13.8 Å². The van der Waals surface area contributed by atoms with Crippen molar-refractivity contribution in [3.63, 3.8) is 0 Å². The van der Waals surface area contributed by atoms with Crippen LogP contribution in [0.5, 0.6) is 5.75 Å². The molecular weight excluding hydrogens is 330 g/mol. The molecule has 0 saturated heterocycles. The van der Waals surface area contributed by atoms with Gasteiger partial charge in [-0.1, -0.05) is 11.6 Å². The highest BCUT2D eigenvalue weighted by Crippen LogP contribution is 2.40. The molecule has 0 bridgehead atoms. The summed E-state index contributed by atoms with van der Waals surface area (Å²) in [6.45, 7) is 0.134. The van der Waals surface area contributed by atoms with Crippen molar-refractivity contribution in [3.05, 3.63) is 33.7 Å². The fourth-order valence-electron chi connectivity index (χ4n) is 3.01. The Bertz CT molecular complexity index is 878. The molecule has 24 heavy (non-hydrogen) atoms. The first-order chi connectivity index (χ1) is 12.7. The maximum atomic E-state index is 9.68. The third kappa shape index (κ3) is 2.74. The Morgan fingerprint density at radius 1 is 1.54 bits per heavy atom. The van der Waals surface area contributed by atoms with Crippen LogP contribution in [0.1, 0.15) is 32.4 Å². The van der Waals surface area contributed by atoms with Crippen LogP contribution in [0.2, 0.25) is 5.15 Å². The molecule has 1 aliphatic rings. The second kappa shape index (κ2) is 6.41. The van der Waals surface area contributed by atoms with Crippen molar-refractivity contribution in [1.29, 1.82) is 0 Å². The van der Waals surface area contributed by atoms with Crippen LogP contribution in [-0.2, 0) is 6.54 Å². The Balaban J connectivity index is 2.00. The highest BCUT2D eigenvalue weighted by molar-refractivity contribution is 6.30. The van der Waals surface area contributed by atoms with Crippen molar-refractivity contribution in [3.8, 4) is 5.75 Å². The summed E-state index contributed by atoms with van der Waals surface area (Å²) in [7, 11) is 1.43. The Labute approximate surface area is 149 Å². The number of nitrogens with two attached hydrogens (primary N) is 1. The van der Waals surface area contributed by atoms with Gasteiger partial charge in [0.05, 0.1) is 26.0 Å². The number of nitrogens with zero attached hydrogens (tertiary/aromatic N) is 4. The maximum absolute atomic E-state index is 9.68. The lowest BCUT2D eigenvalue weighted by Crippen LogP contribution is -2.24. The standard InChI is InChI=1S/C16H20ClN5O2/c1-8-4-19-11(9(2)13(8)24-3)6-22-5-10(7-23)12-14(17)20-16(18)21-15(12)22/h4,10,23H,5-7H2,1-3H3,(H2,18,20,21)/i1D3. The molecule has 2 aromatic rings. The van der Waals surface area contributed by atoms with Gasteiger partial charge in [0.15, 0.2) is 0 Å². The fraction of sp³-hybridized carbons (Fsp3) is 0.438. The van der Waals surface area contributed by atoms with E-state index < -0.39 is 6.85 Å². The minimum atomic E-state index is -2.32. The summed E-state index contributed by atoms with van der Waals surface area (Å²) in [6, 6.07) is 0. The van der Waals surface area contributed by atoms with Crippen LogP contribution in [0.15, 0.2) is 6.20 Å². The Morgan fingerprint density at radius 2 is 2.33 bits per heavy atom. The molecule has 3 rings (SSSR count). The van der Waals surface area contributed by atoms with Crippen LogP contribution in [-0.4, -0.2) is 40.3 Å². The molecular formula is C16H20ClN5O2. The molecule has 3 heterocycles. The van der Waals surface area contributed by atoms with Gasteiger partial charge in [0, 0.05) is 39.5 Å². The second-order valence-corrected chi connectivity index (χ2v) is 6.00. The van der Waals surface area contributed by atoms with E-state index in [-0.39, 0.29) is 29.2 Å². The van der Waals surface area contributed by atoms with Crippen molar-refractivity contribution in [2.75, 3.05) is 30.9 Å². The van der Waals surface area contributed by atoms with E-state index in [0.717, 1.165) is 0 Å². The highest BCUT2D eigenvalue weighted by Gasteiger charge is 2.33. The van der Waals surface area contributed by atoms with Crippen molar-refractivity contribution in [1.82, 2.24) is 15.0 Å². The van der Waals surface area contributed by atoms with E-state index in [9.17, 15) is 5.11 Å². The fourth-order valence-corrected chi connectivity index (χ4v) is 3.33. The summed E-state index contributed by atoms with van der Waals surface area (Å²) < 4.78 is 28.2. The number of hydrogen-bond acceptors (Lipinski definition) is 7. The van der Waals surface area contributed by atoms with Gasteiger partial charge in [-0.25, -0.2) is 4.98 Å². The number of aliphatic hydroxyl groups excluding tert-OH is 1. The van der Waals surface area contributed by atoms with Crippen LogP contribution in [0, 0.1) is 13.8 Å². The number of fused-ring (bicyclic) bond motifs is 1. The van der Waals surface area contributed by atoms with Crippen molar-refractivity contribution >= 4 is 23.4 Å². The minimum Gasteiger partial charge on any atom is -0.496 e. The number of aliphatic hydroxyl groups is 1. The summed E-state index contributed by atoms with van der Waals surface area (Å²) in [4.78, 5) is 14.5. The zero-order valence-corrected chi connectivity index (χ0v) is 14.1. The lowest BCUT2D eigenvalue weighted by Gasteiger charge is -2.20. The minimum absolute atomic E-state index is 0.0438. The Kier molecular flexibility index (Phi) is 3.53. The van der Waals surface area contributed by atoms with Gasteiger partial charge >= 0.3 is 0 Å². The quantitative estimate of drug-likeness (QED) is 0.810. The molecule has 1 unspecified atom stereocenters. The van der Waals surface area contributed by atoms with Crippen molar-refractivity contribution < 1.29 is 14.0 Å². The van der Waals surface area contributed by atoms with Crippen LogP contribution >= 0.6 is 11.6 Å². The van der Waals surface area contributed by atoms with E-state index >= 15 is 0 Å². The highest BCUT2D eigenvalue weighted by atomic mass is 35.5. The van der Waals surface area contributed by atoms with Gasteiger partial charge in [-0.15, -0.1) is 0 Å². The molecule has 128 valence electrons. The topological polar surface area (TPSA) is 97.4 Å². The van der Waals surface area contributed by atoms with E-state index in [1.165, 1.54) is 13.3 Å². The summed E-state index contributed by atoms with van der Waals surface area (Å²) >= 11 is 6.20. The number of rotatable bonds is 4. The maximum Gasteiger partial charge on any atom is 0.223 e. The SMILES string of the molecule is [2H]C([2H])([2H])c1cnc(CN2CC(CO)c3c(Cl)nc(N)nc32)c(C)c1OC. The molecule has 0 radical (unpaired) electrons. The lowest BCUT2D eigenvalue weighted by molar-refractivity contribution is 0.270. The molecule has 0 spiro atoms. The van der Waals surface area contributed by atoms with Crippen molar-refractivity contribution in [2.24, 2.45) is 0 Å². The molecule has 7 nitrogen and oxygen atoms in total. The zero-order chi connectivity index (χ0) is 19.9. The smallest absolute Gasteiger partial charge is 0.223 e. The number of methoxy groups -OCH3 is 1. The molecule has 1 atom stereocenters. The average molecular weight is 353 g/mol. The molecule has 3 N–H and O–H groups in total. The van der Waals surface area contributed by atoms with E-state index in [1.54, 1.807) is 6.92 Å². The van der Waals surface area contributed by atoms with Crippen LogP contribution in [0.25, 0.3) is 0 Å². The first kappa shape index (κ1) is 13.2. The van der Waals surface area contributed by atoms with Gasteiger partial charge < -0.3 is 20.5 Å². The monoisotopic (exact) mass is 352 g/mol. The Morgan fingerprint density at radius 3 is 3.00 bits per heavy atom. The molecule has 0 aromatic carbocycles. The number of halogens is 1.